The Hall–Kier alpha value is -3.02. The van der Waals surface area contributed by atoms with Gasteiger partial charge >= 0.3 is 0 Å². The summed E-state index contributed by atoms with van der Waals surface area (Å²) in [6.45, 7) is 7.25. The molecule has 1 N–H and O–H groups in total. The van der Waals surface area contributed by atoms with E-state index in [1.54, 1.807) is 4.90 Å². The summed E-state index contributed by atoms with van der Waals surface area (Å²) in [5.74, 6) is 1.33. The fourth-order valence-electron chi connectivity index (χ4n) is 3.67. The molecule has 6 heteroatoms. The van der Waals surface area contributed by atoms with Crippen LogP contribution in [0.25, 0.3) is 0 Å². The number of hydrogen-bond acceptors (Lipinski definition) is 4. The molecule has 1 aliphatic rings. The predicted octanol–water partition coefficient (Wildman–Crippen LogP) is 3.99. The van der Waals surface area contributed by atoms with Crippen LogP contribution >= 0.6 is 0 Å². The van der Waals surface area contributed by atoms with Crippen molar-refractivity contribution < 1.29 is 19.1 Å². The zero-order valence-corrected chi connectivity index (χ0v) is 18.6. The average Bonchev–Trinajstić information content (AvgIpc) is 3.25. The molecule has 1 aliphatic heterocycles. The van der Waals surface area contributed by atoms with E-state index in [1.807, 2.05) is 63.2 Å². The van der Waals surface area contributed by atoms with Gasteiger partial charge in [0.15, 0.2) is 11.5 Å². The molecule has 166 valence electrons. The number of rotatable bonds is 10. The average molecular weight is 425 g/mol. The summed E-state index contributed by atoms with van der Waals surface area (Å²) in [5.41, 5.74) is 3.19. The van der Waals surface area contributed by atoms with Crippen molar-refractivity contribution >= 4 is 11.8 Å². The zero-order chi connectivity index (χ0) is 22.2. The molecular weight excluding hydrogens is 392 g/mol. The van der Waals surface area contributed by atoms with Crippen LogP contribution in [0.5, 0.6) is 11.5 Å². The summed E-state index contributed by atoms with van der Waals surface area (Å²) in [4.78, 5) is 27.8. The first-order valence-corrected chi connectivity index (χ1v) is 11.0. The van der Waals surface area contributed by atoms with E-state index in [9.17, 15) is 9.59 Å². The minimum atomic E-state index is -0.489. The van der Waals surface area contributed by atoms with Crippen LogP contribution in [0.15, 0.2) is 42.5 Å². The lowest BCUT2D eigenvalue weighted by Gasteiger charge is -2.31. The third-order valence-corrected chi connectivity index (χ3v) is 5.47. The maximum Gasteiger partial charge on any atom is 0.242 e. The van der Waals surface area contributed by atoms with Gasteiger partial charge in [0.1, 0.15) is 6.04 Å². The van der Waals surface area contributed by atoms with Gasteiger partial charge in [0.05, 0.1) is 0 Å². The Bertz CT molecular complexity index is 895. The topological polar surface area (TPSA) is 67.9 Å². The summed E-state index contributed by atoms with van der Waals surface area (Å²) in [6, 6.07) is 13.4. The van der Waals surface area contributed by atoms with Crippen molar-refractivity contribution in [1.82, 2.24) is 10.2 Å². The van der Waals surface area contributed by atoms with Crippen molar-refractivity contribution in [1.29, 1.82) is 0 Å². The van der Waals surface area contributed by atoms with Gasteiger partial charge in [0.2, 0.25) is 18.6 Å². The van der Waals surface area contributed by atoms with Crippen molar-refractivity contribution in [3.8, 4) is 11.5 Å². The molecule has 1 heterocycles. The largest absolute Gasteiger partial charge is 0.454 e. The highest BCUT2D eigenvalue weighted by Gasteiger charge is 2.28. The third kappa shape index (κ3) is 6.00. The van der Waals surface area contributed by atoms with E-state index in [0.717, 1.165) is 28.9 Å². The van der Waals surface area contributed by atoms with E-state index in [2.05, 4.69) is 5.32 Å². The van der Waals surface area contributed by atoms with Crippen molar-refractivity contribution in [3.63, 3.8) is 0 Å². The van der Waals surface area contributed by atoms with E-state index in [1.165, 1.54) is 0 Å². The monoisotopic (exact) mass is 424 g/mol. The molecule has 2 aromatic carbocycles. The molecule has 31 heavy (non-hydrogen) atoms. The van der Waals surface area contributed by atoms with Crippen molar-refractivity contribution in [2.75, 3.05) is 13.3 Å². The van der Waals surface area contributed by atoms with E-state index >= 15 is 0 Å². The van der Waals surface area contributed by atoms with E-state index in [4.69, 9.17) is 9.47 Å². The fourth-order valence-corrected chi connectivity index (χ4v) is 3.67. The van der Waals surface area contributed by atoms with Gasteiger partial charge in [0, 0.05) is 19.5 Å². The molecule has 0 saturated heterocycles. The second-order valence-electron chi connectivity index (χ2n) is 7.91. The Morgan fingerprint density at radius 2 is 1.74 bits per heavy atom. The van der Waals surface area contributed by atoms with E-state index < -0.39 is 6.04 Å². The summed E-state index contributed by atoms with van der Waals surface area (Å²) in [6.07, 6.45) is 2.32. The van der Waals surface area contributed by atoms with Gasteiger partial charge in [0.25, 0.3) is 0 Å². The lowest BCUT2D eigenvalue weighted by Crippen LogP contribution is -2.49. The molecule has 0 aromatic heterocycles. The van der Waals surface area contributed by atoms with Gasteiger partial charge in [-0.25, -0.2) is 0 Å². The smallest absolute Gasteiger partial charge is 0.242 e. The highest BCUT2D eigenvalue weighted by molar-refractivity contribution is 5.87. The Morgan fingerprint density at radius 1 is 1.03 bits per heavy atom. The number of benzene rings is 2. The maximum absolute atomic E-state index is 13.3. The molecule has 0 fully saturated rings. The quantitative estimate of drug-likeness (QED) is 0.626. The minimum absolute atomic E-state index is 0.0308. The molecule has 0 aliphatic carbocycles. The Kier molecular flexibility index (Phi) is 7.93. The van der Waals surface area contributed by atoms with Crippen LogP contribution in [0.2, 0.25) is 0 Å². The molecule has 0 unspecified atom stereocenters. The molecule has 0 radical (unpaired) electrons. The SMILES string of the molecule is CCCNC(=O)[C@@H](CC)N(Cc1ccc(C)cc1)C(=O)CCc1ccc2c(c1)OCO2. The lowest BCUT2D eigenvalue weighted by molar-refractivity contribution is -0.141. The minimum Gasteiger partial charge on any atom is -0.454 e. The summed E-state index contributed by atoms with van der Waals surface area (Å²) in [7, 11) is 0. The van der Waals surface area contributed by atoms with Gasteiger partial charge in [-0.2, -0.15) is 0 Å². The normalized spacial score (nSPS) is 13.0. The van der Waals surface area contributed by atoms with Crippen LogP contribution in [0.1, 0.15) is 49.8 Å². The first-order valence-electron chi connectivity index (χ1n) is 11.0. The number of amides is 2. The number of nitrogens with one attached hydrogen (secondary N) is 1. The molecule has 0 bridgehead atoms. The maximum atomic E-state index is 13.3. The van der Waals surface area contributed by atoms with Gasteiger partial charge in [-0.15, -0.1) is 0 Å². The predicted molar refractivity (Wildman–Crippen MR) is 120 cm³/mol. The Balaban J connectivity index is 1.73. The van der Waals surface area contributed by atoms with E-state index in [-0.39, 0.29) is 18.6 Å². The number of carbonyl (C=O) groups excluding carboxylic acids is 2. The summed E-state index contributed by atoms with van der Waals surface area (Å²) < 4.78 is 10.8. The van der Waals surface area contributed by atoms with Crippen molar-refractivity contribution in [2.24, 2.45) is 0 Å². The first kappa shape index (κ1) is 22.7. The number of ether oxygens (including phenoxy) is 2. The molecule has 0 spiro atoms. The molecule has 0 saturated carbocycles. The number of fused-ring (bicyclic) bond motifs is 1. The Labute approximate surface area is 184 Å². The summed E-state index contributed by atoms with van der Waals surface area (Å²) >= 11 is 0. The highest BCUT2D eigenvalue weighted by atomic mass is 16.7. The van der Waals surface area contributed by atoms with Crippen LogP contribution in [0.3, 0.4) is 0 Å². The lowest BCUT2D eigenvalue weighted by atomic mass is 10.1. The van der Waals surface area contributed by atoms with Gasteiger partial charge < -0.3 is 19.7 Å². The molecule has 2 amide bonds. The second-order valence-corrected chi connectivity index (χ2v) is 7.91. The number of aryl methyl sites for hydroxylation is 2. The zero-order valence-electron chi connectivity index (χ0n) is 18.6. The molecule has 2 aromatic rings. The fraction of sp³-hybridized carbons (Fsp3) is 0.440. The van der Waals surface area contributed by atoms with Crippen LogP contribution in [0, 0.1) is 6.92 Å². The van der Waals surface area contributed by atoms with Crippen LogP contribution in [-0.2, 0) is 22.6 Å². The Morgan fingerprint density at radius 3 is 2.45 bits per heavy atom. The first-order chi connectivity index (χ1) is 15.0. The molecular formula is C25H32N2O4. The third-order valence-electron chi connectivity index (χ3n) is 5.47. The van der Waals surface area contributed by atoms with Crippen molar-refractivity contribution in [3.05, 3.63) is 59.2 Å². The molecule has 3 rings (SSSR count). The van der Waals surface area contributed by atoms with E-state index in [0.29, 0.717) is 38.1 Å². The van der Waals surface area contributed by atoms with Gasteiger partial charge in [-0.1, -0.05) is 49.7 Å². The second kappa shape index (κ2) is 10.8. The molecule has 1 atom stereocenters. The van der Waals surface area contributed by atoms with Crippen LogP contribution in [0.4, 0.5) is 0 Å². The van der Waals surface area contributed by atoms with Gasteiger partial charge in [-0.05, 0) is 49.4 Å². The number of carbonyl (C=O) groups is 2. The van der Waals surface area contributed by atoms with Crippen molar-refractivity contribution in [2.45, 2.75) is 59.0 Å². The highest BCUT2D eigenvalue weighted by Crippen LogP contribution is 2.32. The van der Waals surface area contributed by atoms with Crippen LogP contribution in [-0.4, -0.2) is 36.1 Å². The standard InChI is InChI=1S/C25H32N2O4/c1-4-14-26-25(29)21(5-2)27(16-20-8-6-18(3)7-9-20)24(28)13-11-19-10-12-22-23(15-19)31-17-30-22/h6-10,12,15,21H,4-5,11,13-14,16-17H2,1-3H3,(H,26,29)/t21-/m1/s1. The van der Waals surface area contributed by atoms with Crippen LogP contribution < -0.4 is 14.8 Å². The number of nitrogens with zero attached hydrogens (tertiary/aromatic N) is 1. The van der Waals surface area contributed by atoms with Gasteiger partial charge in [-0.3, -0.25) is 9.59 Å². The molecule has 6 nitrogen and oxygen atoms in total. The summed E-state index contributed by atoms with van der Waals surface area (Å²) in [5, 5.41) is 2.95. The number of hydrogen-bond donors (Lipinski definition) is 1.